The van der Waals surface area contributed by atoms with Gasteiger partial charge in [-0.15, -0.1) is 0 Å². The molecule has 0 amide bonds. The van der Waals surface area contributed by atoms with Crippen LogP contribution in [0.3, 0.4) is 0 Å². The van der Waals surface area contributed by atoms with Gasteiger partial charge >= 0.3 is 6.18 Å². The van der Waals surface area contributed by atoms with E-state index in [9.17, 15) is 13.2 Å². The fourth-order valence-corrected chi connectivity index (χ4v) is 3.89. The van der Waals surface area contributed by atoms with E-state index in [2.05, 4.69) is 12.2 Å². The van der Waals surface area contributed by atoms with Crippen LogP contribution in [0.1, 0.15) is 46.5 Å². The van der Waals surface area contributed by atoms with E-state index >= 15 is 0 Å². The molecule has 116 valence electrons. The van der Waals surface area contributed by atoms with E-state index in [0.717, 1.165) is 12.8 Å². The molecule has 0 aromatic heterocycles. The summed E-state index contributed by atoms with van der Waals surface area (Å²) in [6, 6.07) is -0.00838. The van der Waals surface area contributed by atoms with Crippen LogP contribution < -0.4 is 5.32 Å². The molecule has 3 aliphatic rings. The van der Waals surface area contributed by atoms with Gasteiger partial charge < -0.3 is 5.32 Å². The van der Waals surface area contributed by atoms with Gasteiger partial charge in [-0.05, 0) is 44.4 Å². The molecule has 2 nitrogen and oxygen atoms in total. The van der Waals surface area contributed by atoms with E-state index in [1.165, 1.54) is 0 Å². The van der Waals surface area contributed by atoms with Crippen molar-refractivity contribution in [2.45, 2.75) is 69.8 Å². The van der Waals surface area contributed by atoms with E-state index in [4.69, 9.17) is 0 Å². The smallest absolute Gasteiger partial charge is 0.308 e. The SMILES string of the molecule is CC(C)C1CNC(C)(C2CC2)CN1C1(C(F)(F)F)CC1. The van der Waals surface area contributed by atoms with Crippen molar-refractivity contribution >= 4 is 0 Å². The highest BCUT2D eigenvalue weighted by Gasteiger charge is 2.69. The highest BCUT2D eigenvalue weighted by atomic mass is 19.4. The molecule has 0 bridgehead atoms. The predicted octanol–water partition coefficient (Wildman–Crippen LogP) is 3.18. The van der Waals surface area contributed by atoms with Gasteiger partial charge in [-0.25, -0.2) is 0 Å². The number of hydrogen-bond acceptors (Lipinski definition) is 2. The summed E-state index contributed by atoms with van der Waals surface area (Å²) in [5.74, 6) is 0.799. The highest BCUT2D eigenvalue weighted by molar-refractivity contribution is 5.16. The summed E-state index contributed by atoms with van der Waals surface area (Å²) >= 11 is 0. The summed E-state index contributed by atoms with van der Waals surface area (Å²) in [6.07, 6.45) is -1.23. The third kappa shape index (κ3) is 2.17. The van der Waals surface area contributed by atoms with Gasteiger partial charge in [-0.2, -0.15) is 13.2 Å². The quantitative estimate of drug-likeness (QED) is 0.859. The first-order chi connectivity index (χ1) is 9.20. The van der Waals surface area contributed by atoms with Gasteiger partial charge in [-0.1, -0.05) is 13.8 Å². The number of halogens is 3. The maximum absolute atomic E-state index is 13.5. The Balaban J connectivity index is 1.87. The van der Waals surface area contributed by atoms with Gasteiger partial charge in [0, 0.05) is 24.7 Å². The van der Waals surface area contributed by atoms with Gasteiger partial charge in [0.1, 0.15) is 5.54 Å². The number of alkyl halides is 3. The maximum atomic E-state index is 13.5. The molecule has 3 rings (SSSR count). The summed E-state index contributed by atoms with van der Waals surface area (Å²) in [5, 5.41) is 3.56. The zero-order valence-electron chi connectivity index (χ0n) is 12.6. The third-order valence-corrected chi connectivity index (χ3v) is 5.66. The van der Waals surface area contributed by atoms with Crippen molar-refractivity contribution < 1.29 is 13.2 Å². The Labute approximate surface area is 119 Å². The molecule has 1 N–H and O–H groups in total. The molecule has 1 heterocycles. The van der Waals surface area contributed by atoms with E-state index in [1.54, 1.807) is 0 Å². The van der Waals surface area contributed by atoms with Crippen LogP contribution in [-0.4, -0.2) is 41.3 Å². The minimum absolute atomic E-state index is 0.00838. The highest BCUT2D eigenvalue weighted by Crippen LogP contribution is 2.56. The van der Waals surface area contributed by atoms with Crippen LogP contribution in [-0.2, 0) is 0 Å². The molecule has 2 aliphatic carbocycles. The van der Waals surface area contributed by atoms with Crippen molar-refractivity contribution in [3.8, 4) is 0 Å². The number of nitrogens with one attached hydrogen (secondary N) is 1. The molecule has 20 heavy (non-hydrogen) atoms. The van der Waals surface area contributed by atoms with Crippen LogP contribution in [0, 0.1) is 11.8 Å². The fraction of sp³-hybridized carbons (Fsp3) is 1.00. The van der Waals surface area contributed by atoms with Gasteiger partial charge in [-0.3, -0.25) is 4.90 Å². The van der Waals surface area contributed by atoms with Crippen LogP contribution in [0.25, 0.3) is 0 Å². The second-order valence-corrected chi connectivity index (χ2v) is 7.54. The number of nitrogens with zero attached hydrogens (tertiary/aromatic N) is 1. The Bertz CT molecular complexity index is 385. The zero-order valence-corrected chi connectivity index (χ0v) is 12.6. The number of rotatable bonds is 3. The first-order valence-corrected chi connectivity index (χ1v) is 7.78. The molecule has 1 aliphatic heterocycles. The summed E-state index contributed by atoms with van der Waals surface area (Å²) < 4.78 is 40.6. The lowest BCUT2D eigenvalue weighted by Crippen LogP contribution is -2.69. The fourth-order valence-electron chi connectivity index (χ4n) is 3.89. The van der Waals surface area contributed by atoms with Crippen LogP contribution >= 0.6 is 0 Å². The standard InChI is InChI=1S/C15H25F3N2/c1-10(2)12-8-19-13(3,11-4-5-11)9-20(12)14(6-7-14)15(16,17)18/h10-12,19H,4-9H2,1-3H3. The van der Waals surface area contributed by atoms with Crippen LogP contribution in [0.4, 0.5) is 13.2 Å². The van der Waals surface area contributed by atoms with Crippen molar-refractivity contribution in [2.24, 2.45) is 11.8 Å². The first kappa shape index (κ1) is 14.6. The summed E-state index contributed by atoms with van der Waals surface area (Å²) in [5.41, 5.74) is -1.66. The van der Waals surface area contributed by atoms with Crippen molar-refractivity contribution in [2.75, 3.05) is 13.1 Å². The normalized spacial score (nSPS) is 38.2. The van der Waals surface area contributed by atoms with Crippen molar-refractivity contribution in [3.05, 3.63) is 0 Å². The molecule has 2 unspecified atom stereocenters. The molecule has 2 saturated carbocycles. The van der Waals surface area contributed by atoms with Gasteiger partial charge in [0.15, 0.2) is 0 Å². The molecule has 0 radical (unpaired) electrons. The molecule has 5 heteroatoms. The van der Waals surface area contributed by atoms with Crippen LogP contribution in [0.5, 0.6) is 0 Å². The minimum atomic E-state index is -4.10. The van der Waals surface area contributed by atoms with Gasteiger partial charge in [0.2, 0.25) is 0 Å². The molecule has 3 fully saturated rings. The van der Waals surface area contributed by atoms with E-state index in [0.29, 0.717) is 19.0 Å². The summed E-state index contributed by atoms with van der Waals surface area (Å²) in [7, 11) is 0. The largest absolute Gasteiger partial charge is 0.406 e. The minimum Gasteiger partial charge on any atom is -0.308 e. The second-order valence-electron chi connectivity index (χ2n) is 7.54. The molecule has 0 aromatic carbocycles. The average molecular weight is 290 g/mol. The Morgan fingerprint density at radius 2 is 1.80 bits per heavy atom. The monoisotopic (exact) mass is 290 g/mol. The van der Waals surface area contributed by atoms with Crippen LogP contribution in [0.15, 0.2) is 0 Å². The van der Waals surface area contributed by atoms with E-state index < -0.39 is 11.7 Å². The van der Waals surface area contributed by atoms with Crippen molar-refractivity contribution in [1.82, 2.24) is 10.2 Å². The lowest BCUT2D eigenvalue weighted by Gasteiger charge is -2.51. The third-order valence-electron chi connectivity index (χ3n) is 5.66. The Hall–Kier alpha value is -0.290. The van der Waals surface area contributed by atoms with E-state index in [-0.39, 0.29) is 30.3 Å². The number of piperazine rings is 1. The lowest BCUT2D eigenvalue weighted by molar-refractivity contribution is -0.212. The van der Waals surface area contributed by atoms with Gasteiger partial charge in [0.05, 0.1) is 0 Å². The average Bonchev–Trinajstić information content (AvgIpc) is 3.18. The molecule has 0 spiro atoms. The molecule has 1 saturated heterocycles. The second kappa shape index (κ2) is 4.35. The predicted molar refractivity (Wildman–Crippen MR) is 72.5 cm³/mol. The van der Waals surface area contributed by atoms with Crippen LogP contribution in [0.2, 0.25) is 0 Å². The summed E-state index contributed by atoms with van der Waals surface area (Å²) in [6.45, 7) is 7.40. The zero-order chi connectivity index (χ0) is 14.8. The Morgan fingerprint density at radius 3 is 2.20 bits per heavy atom. The number of hydrogen-bond donors (Lipinski definition) is 1. The van der Waals surface area contributed by atoms with Crippen molar-refractivity contribution in [3.63, 3.8) is 0 Å². The topological polar surface area (TPSA) is 15.3 Å². The van der Waals surface area contributed by atoms with Crippen molar-refractivity contribution in [1.29, 1.82) is 0 Å². The maximum Gasteiger partial charge on any atom is 0.406 e. The Morgan fingerprint density at radius 1 is 1.20 bits per heavy atom. The molecular formula is C15H25F3N2. The van der Waals surface area contributed by atoms with E-state index in [1.807, 2.05) is 18.7 Å². The summed E-state index contributed by atoms with van der Waals surface area (Å²) in [4.78, 5) is 1.81. The molecule has 0 aromatic rings. The van der Waals surface area contributed by atoms with Gasteiger partial charge in [0.25, 0.3) is 0 Å². The molecule has 2 atom stereocenters. The Kier molecular flexibility index (Phi) is 3.19. The molecular weight excluding hydrogens is 265 g/mol. The lowest BCUT2D eigenvalue weighted by atomic mass is 9.86. The first-order valence-electron chi connectivity index (χ1n) is 7.78.